The van der Waals surface area contributed by atoms with Gasteiger partial charge in [0.1, 0.15) is 11.3 Å². The molecule has 0 atom stereocenters. The molecule has 2 aromatic rings. The highest BCUT2D eigenvalue weighted by Crippen LogP contribution is 2.47. The zero-order valence-electron chi connectivity index (χ0n) is 14.9. The van der Waals surface area contributed by atoms with Crippen molar-refractivity contribution in [3.8, 4) is 0 Å². The van der Waals surface area contributed by atoms with Crippen LogP contribution >= 0.6 is 0 Å². The molecule has 2 aromatic heterocycles. The quantitative estimate of drug-likeness (QED) is 0.882. The van der Waals surface area contributed by atoms with Crippen molar-refractivity contribution in [2.24, 2.45) is 11.1 Å². The number of hydrogen-bond donors (Lipinski definition) is 2. The monoisotopic (exact) mass is 355 g/mol. The van der Waals surface area contributed by atoms with Crippen LogP contribution in [0, 0.1) is 5.41 Å². The van der Waals surface area contributed by atoms with Gasteiger partial charge in [0.25, 0.3) is 11.8 Å². The molecule has 0 unspecified atom stereocenters. The zero-order chi connectivity index (χ0) is 18.1. The lowest BCUT2D eigenvalue weighted by Crippen LogP contribution is -2.41. The van der Waals surface area contributed by atoms with Gasteiger partial charge in [0.05, 0.1) is 6.20 Å². The van der Waals surface area contributed by atoms with E-state index in [1.165, 1.54) is 61.9 Å². The standard InChI is InChI=1S/C19H25N5O2/c20-16(25)14-12-22-24-15(6-11-21-17(14)24)18(26)23-13-4-9-19(10-5-13)7-2-1-3-8-19/h6,11-13H,1-5,7-10H2,(H2,20,25)(H,23,26). The average Bonchev–Trinajstić information content (AvgIpc) is 3.09. The van der Waals surface area contributed by atoms with E-state index in [-0.39, 0.29) is 17.5 Å². The van der Waals surface area contributed by atoms with Gasteiger partial charge in [-0.05, 0) is 50.0 Å². The average molecular weight is 355 g/mol. The second-order valence-electron chi connectivity index (χ2n) is 7.80. The Labute approximate surface area is 152 Å². The van der Waals surface area contributed by atoms with E-state index in [4.69, 9.17) is 5.73 Å². The maximum atomic E-state index is 12.8. The number of aromatic nitrogens is 3. The third kappa shape index (κ3) is 3.06. The lowest BCUT2D eigenvalue weighted by Gasteiger charge is -2.43. The molecule has 0 bridgehead atoms. The summed E-state index contributed by atoms with van der Waals surface area (Å²) in [6.07, 6.45) is 14.1. The van der Waals surface area contributed by atoms with Crippen molar-refractivity contribution in [2.45, 2.75) is 63.8 Å². The first kappa shape index (κ1) is 17.0. The van der Waals surface area contributed by atoms with Crippen molar-refractivity contribution in [3.63, 3.8) is 0 Å². The number of amides is 2. The molecule has 26 heavy (non-hydrogen) atoms. The number of carbonyl (C=O) groups is 2. The first-order valence-electron chi connectivity index (χ1n) is 9.51. The Balaban J connectivity index is 1.46. The minimum absolute atomic E-state index is 0.180. The predicted octanol–water partition coefficient (Wildman–Crippen LogP) is 2.45. The highest BCUT2D eigenvalue weighted by atomic mass is 16.2. The summed E-state index contributed by atoms with van der Waals surface area (Å²) in [7, 11) is 0. The van der Waals surface area contributed by atoms with Crippen molar-refractivity contribution >= 4 is 17.5 Å². The summed E-state index contributed by atoms with van der Waals surface area (Å²) in [5.74, 6) is -0.781. The van der Waals surface area contributed by atoms with Crippen LogP contribution in [0.25, 0.3) is 5.65 Å². The fraction of sp³-hybridized carbons (Fsp3) is 0.579. The molecule has 3 N–H and O–H groups in total. The Morgan fingerprint density at radius 2 is 1.88 bits per heavy atom. The first-order chi connectivity index (χ1) is 12.6. The molecule has 2 saturated carbocycles. The van der Waals surface area contributed by atoms with Crippen LogP contribution in [-0.2, 0) is 0 Å². The van der Waals surface area contributed by atoms with E-state index in [1.807, 2.05) is 0 Å². The van der Waals surface area contributed by atoms with E-state index in [9.17, 15) is 9.59 Å². The molecule has 0 aliphatic heterocycles. The normalized spacial score (nSPS) is 20.3. The summed E-state index contributed by atoms with van der Waals surface area (Å²) >= 11 is 0. The maximum Gasteiger partial charge on any atom is 0.270 e. The van der Waals surface area contributed by atoms with Gasteiger partial charge in [-0.3, -0.25) is 9.59 Å². The molecule has 2 fully saturated rings. The fourth-order valence-corrected chi connectivity index (χ4v) is 4.67. The van der Waals surface area contributed by atoms with E-state index in [0.717, 1.165) is 12.8 Å². The number of nitrogens with two attached hydrogens (primary N) is 1. The van der Waals surface area contributed by atoms with E-state index >= 15 is 0 Å². The van der Waals surface area contributed by atoms with Crippen LogP contribution in [0.2, 0.25) is 0 Å². The van der Waals surface area contributed by atoms with Crippen molar-refractivity contribution < 1.29 is 9.59 Å². The zero-order valence-corrected chi connectivity index (χ0v) is 14.9. The van der Waals surface area contributed by atoms with E-state index in [0.29, 0.717) is 16.8 Å². The molecular formula is C19H25N5O2. The van der Waals surface area contributed by atoms with E-state index in [2.05, 4.69) is 15.4 Å². The van der Waals surface area contributed by atoms with Gasteiger partial charge in [-0.1, -0.05) is 19.3 Å². The van der Waals surface area contributed by atoms with Crippen LogP contribution in [0.4, 0.5) is 0 Å². The molecule has 7 heteroatoms. The van der Waals surface area contributed by atoms with Gasteiger partial charge >= 0.3 is 0 Å². The minimum atomic E-state index is -0.602. The van der Waals surface area contributed by atoms with Gasteiger partial charge in [0.2, 0.25) is 0 Å². The molecule has 0 saturated heterocycles. The van der Waals surface area contributed by atoms with Crippen LogP contribution in [-0.4, -0.2) is 32.5 Å². The molecule has 2 amide bonds. The number of rotatable bonds is 3. The lowest BCUT2D eigenvalue weighted by molar-refractivity contribution is 0.0829. The molecule has 4 rings (SSSR count). The first-order valence-corrected chi connectivity index (χ1v) is 9.51. The molecular weight excluding hydrogens is 330 g/mol. The van der Waals surface area contributed by atoms with Crippen LogP contribution in [0.3, 0.4) is 0 Å². The second-order valence-corrected chi connectivity index (χ2v) is 7.80. The number of carbonyl (C=O) groups excluding carboxylic acids is 2. The van der Waals surface area contributed by atoms with Gasteiger partial charge in [0, 0.05) is 12.2 Å². The van der Waals surface area contributed by atoms with E-state index < -0.39 is 5.91 Å². The van der Waals surface area contributed by atoms with Crippen LogP contribution < -0.4 is 11.1 Å². The smallest absolute Gasteiger partial charge is 0.270 e. The number of nitrogens with one attached hydrogen (secondary N) is 1. The number of nitrogens with zero attached hydrogens (tertiary/aromatic N) is 3. The Kier molecular flexibility index (Phi) is 4.38. The van der Waals surface area contributed by atoms with Gasteiger partial charge in [-0.15, -0.1) is 0 Å². The summed E-state index contributed by atoms with van der Waals surface area (Å²) in [5, 5.41) is 7.26. The van der Waals surface area contributed by atoms with E-state index in [1.54, 1.807) is 6.07 Å². The van der Waals surface area contributed by atoms with Crippen molar-refractivity contribution in [3.05, 3.63) is 29.7 Å². The molecule has 0 aromatic carbocycles. The molecule has 2 aliphatic carbocycles. The van der Waals surface area contributed by atoms with Gasteiger partial charge in [0.15, 0.2) is 5.65 Å². The Morgan fingerprint density at radius 1 is 1.15 bits per heavy atom. The molecule has 7 nitrogen and oxygen atoms in total. The highest BCUT2D eigenvalue weighted by molar-refractivity contribution is 5.99. The number of hydrogen-bond acceptors (Lipinski definition) is 4. The lowest BCUT2D eigenvalue weighted by atomic mass is 9.64. The van der Waals surface area contributed by atoms with Gasteiger partial charge in [-0.25, -0.2) is 9.50 Å². The second kappa shape index (κ2) is 6.70. The van der Waals surface area contributed by atoms with Gasteiger partial charge < -0.3 is 11.1 Å². The number of primary amides is 1. The Bertz CT molecular complexity index is 828. The predicted molar refractivity (Wildman–Crippen MR) is 96.7 cm³/mol. The summed E-state index contributed by atoms with van der Waals surface area (Å²) < 4.78 is 1.39. The molecule has 2 aliphatic rings. The molecule has 138 valence electrons. The van der Waals surface area contributed by atoms with Crippen LogP contribution in [0.15, 0.2) is 18.5 Å². The largest absolute Gasteiger partial charge is 0.365 e. The Morgan fingerprint density at radius 3 is 2.58 bits per heavy atom. The highest BCUT2D eigenvalue weighted by Gasteiger charge is 2.36. The fourth-order valence-electron chi connectivity index (χ4n) is 4.67. The summed E-state index contributed by atoms with van der Waals surface area (Å²) in [5.41, 5.74) is 6.77. The van der Waals surface area contributed by atoms with Crippen molar-refractivity contribution in [1.82, 2.24) is 19.9 Å². The topological polar surface area (TPSA) is 102 Å². The minimum Gasteiger partial charge on any atom is -0.365 e. The molecule has 1 spiro atoms. The van der Waals surface area contributed by atoms with Gasteiger partial charge in [-0.2, -0.15) is 5.10 Å². The SMILES string of the molecule is NC(=O)c1cnn2c(C(=O)NC3CCC4(CCCCC4)CC3)ccnc12. The third-order valence-electron chi connectivity index (χ3n) is 6.20. The summed E-state index contributed by atoms with van der Waals surface area (Å²) in [4.78, 5) is 28.3. The van der Waals surface area contributed by atoms with Crippen LogP contribution in [0.1, 0.15) is 78.6 Å². The van der Waals surface area contributed by atoms with Crippen molar-refractivity contribution in [1.29, 1.82) is 0 Å². The Hall–Kier alpha value is -2.44. The molecule has 2 heterocycles. The number of fused-ring (bicyclic) bond motifs is 1. The van der Waals surface area contributed by atoms with Crippen molar-refractivity contribution in [2.75, 3.05) is 0 Å². The summed E-state index contributed by atoms with van der Waals surface area (Å²) in [6.45, 7) is 0. The van der Waals surface area contributed by atoms with Crippen LogP contribution in [0.5, 0.6) is 0 Å². The maximum absolute atomic E-state index is 12.8. The molecule has 0 radical (unpaired) electrons. The summed E-state index contributed by atoms with van der Waals surface area (Å²) in [6, 6.07) is 1.82. The third-order valence-corrected chi connectivity index (χ3v) is 6.20.